The molecule has 1 aromatic rings. The molecule has 0 radical (unpaired) electrons. The third-order valence-corrected chi connectivity index (χ3v) is 3.14. The fourth-order valence-electron chi connectivity index (χ4n) is 1.84. The molecule has 1 fully saturated rings. The number of amides is 1. The molecule has 1 amide bonds. The van der Waals surface area contributed by atoms with Crippen molar-refractivity contribution in [2.45, 2.75) is 25.7 Å². The number of benzene rings is 1. The van der Waals surface area contributed by atoms with Crippen molar-refractivity contribution < 1.29 is 14.7 Å². The molecule has 0 saturated heterocycles. The van der Waals surface area contributed by atoms with E-state index in [-0.39, 0.29) is 11.5 Å². The molecule has 0 heterocycles. The SMILES string of the molecule is O=C(Cc1ccc(C(=O)O)cc1)NCCC1CC1. The summed E-state index contributed by atoms with van der Waals surface area (Å²) in [7, 11) is 0. The second-order valence-electron chi connectivity index (χ2n) is 4.76. The van der Waals surface area contributed by atoms with Crippen molar-refractivity contribution in [3.63, 3.8) is 0 Å². The molecule has 2 rings (SSSR count). The Balaban J connectivity index is 1.76. The van der Waals surface area contributed by atoms with Gasteiger partial charge in [-0.1, -0.05) is 25.0 Å². The van der Waals surface area contributed by atoms with Crippen LogP contribution in [0.1, 0.15) is 35.2 Å². The highest BCUT2D eigenvalue weighted by Crippen LogP contribution is 2.31. The van der Waals surface area contributed by atoms with Crippen LogP contribution in [-0.2, 0) is 11.2 Å². The van der Waals surface area contributed by atoms with Crippen LogP contribution < -0.4 is 5.32 Å². The number of carboxylic acids is 1. The van der Waals surface area contributed by atoms with Gasteiger partial charge in [0.2, 0.25) is 5.91 Å². The summed E-state index contributed by atoms with van der Waals surface area (Å²) in [6.07, 6.45) is 3.98. The molecule has 0 unspecified atom stereocenters. The number of hydrogen-bond acceptors (Lipinski definition) is 2. The van der Waals surface area contributed by atoms with E-state index in [1.165, 1.54) is 25.0 Å². The summed E-state index contributed by atoms with van der Waals surface area (Å²) < 4.78 is 0. The van der Waals surface area contributed by atoms with Gasteiger partial charge in [-0.3, -0.25) is 4.79 Å². The lowest BCUT2D eigenvalue weighted by Crippen LogP contribution is -2.26. The van der Waals surface area contributed by atoms with E-state index in [1.807, 2.05) is 0 Å². The van der Waals surface area contributed by atoms with Crippen LogP contribution >= 0.6 is 0 Å². The highest BCUT2D eigenvalue weighted by Gasteiger charge is 2.20. The zero-order valence-electron chi connectivity index (χ0n) is 10.2. The Hall–Kier alpha value is -1.84. The van der Waals surface area contributed by atoms with Crippen molar-refractivity contribution in [3.05, 3.63) is 35.4 Å². The molecular weight excluding hydrogens is 230 g/mol. The molecule has 1 aliphatic carbocycles. The average molecular weight is 247 g/mol. The predicted octanol–water partition coefficient (Wildman–Crippen LogP) is 1.84. The number of aromatic carboxylic acids is 1. The highest BCUT2D eigenvalue weighted by atomic mass is 16.4. The van der Waals surface area contributed by atoms with Crippen molar-refractivity contribution in [3.8, 4) is 0 Å². The molecule has 4 nitrogen and oxygen atoms in total. The van der Waals surface area contributed by atoms with E-state index in [9.17, 15) is 9.59 Å². The first-order valence-corrected chi connectivity index (χ1v) is 6.24. The van der Waals surface area contributed by atoms with E-state index < -0.39 is 5.97 Å². The molecule has 1 saturated carbocycles. The summed E-state index contributed by atoms with van der Waals surface area (Å²) in [6, 6.07) is 6.41. The van der Waals surface area contributed by atoms with Gasteiger partial charge in [-0.05, 0) is 30.0 Å². The fraction of sp³-hybridized carbons (Fsp3) is 0.429. The average Bonchev–Trinajstić information content (AvgIpc) is 3.13. The second-order valence-corrected chi connectivity index (χ2v) is 4.76. The first kappa shape index (κ1) is 12.6. The minimum Gasteiger partial charge on any atom is -0.478 e. The monoisotopic (exact) mass is 247 g/mol. The lowest BCUT2D eigenvalue weighted by molar-refractivity contribution is -0.120. The van der Waals surface area contributed by atoms with E-state index >= 15 is 0 Å². The van der Waals surface area contributed by atoms with Crippen LogP contribution in [0.5, 0.6) is 0 Å². The van der Waals surface area contributed by atoms with Crippen LogP contribution in [0.2, 0.25) is 0 Å². The molecule has 18 heavy (non-hydrogen) atoms. The minimum atomic E-state index is -0.949. The van der Waals surface area contributed by atoms with Crippen LogP contribution in [-0.4, -0.2) is 23.5 Å². The van der Waals surface area contributed by atoms with Gasteiger partial charge in [-0.25, -0.2) is 4.79 Å². The maximum Gasteiger partial charge on any atom is 0.335 e. The lowest BCUT2D eigenvalue weighted by atomic mass is 10.1. The molecule has 1 aliphatic rings. The van der Waals surface area contributed by atoms with E-state index in [2.05, 4.69) is 5.32 Å². The summed E-state index contributed by atoms with van der Waals surface area (Å²) in [6.45, 7) is 0.747. The molecule has 0 bridgehead atoms. The van der Waals surface area contributed by atoms with Crippen molar-refractivity contribution in [1.82, 2.24) is 5.32 Å². The largest absolute Gasteiger partial charge is 0.478 e. The van der Waals surface area contributed by atoms with E-state index in [0.29, 0.717) is 6.42 Å². The second kappa shape index (κ2) is 5.67. The van der Waals surface area contributed by atoms with E-state index in [1.54, 1.807) is 12.1 Å². The van der Waals surface area contributed by atoms with Gasteiger partial charge in [0.1, 0.15) is 0 Å². The topological polar surface area (TPSA) is 66.4 Å². The maximum absolute atomic E-state index is 11.6. The standard InChI is InChI=1S/C14H17NO3/c16-13(15-8-7-10-1-2-10)9-11-3-5-12(6-4-11)14(17)18/h3-6,10H,1-2,7-9H2,(H,15,16)(H,17,18). The minimum absolute atomic E-state index is 0.00118. The normalized spacial score (nSPS) is 14.2. The third-order valence-electron chi connectivity index (χ3n) is 3.14. The van der Waals surface area contributed by atoms with Gasteiger partial charge in [0.15, 0.2) is 0 Å². The fourth-order valence-corrected chi connectivity index (χ4v) is 1.84. The first-order chi connectivity index (χ1) is 8.65. The molecule has 96 valence electrons. The first-order valence-electron chi connectivity index (χ1n) is 6.24. The van der Waals surface area contributed by atoms with Crippen LogP contribution in [0.4, 0.5) is 0 Å². The Morgan fingerprint density at radius 2 is 1.89 bits per heavy atom. The van der Waals surface area contributed by atoms with Crippen LogP contribution in [0.25, 0.3) is 0 Å². The Bertz CT molecular complexity index is 435. The van der Waals surface area contributed by atoms with Crippen molar-refractivity contribution in [2.75, 3.05) is 6.54 Å². The van der Waals surface area contributed by atoms with Crippen molar-refractivity contribution >= 4 is 11.9 Å². The highest BCUT2D eigenvalue weighted by molar-refractivity contribution is 5.87. The summed E-state index contributed by atoms with van der Waals surface area (Å²) in [5, 5.41) is 11.6. The van der Waals surface area contributed by atoms with Crippen molar-refractivity contribution in [1.29, 1.82) is 0 Å². The molecule has 1 aromatic carbocycles. The number of carbonyl (C=O) groups excluding carboxylic acids is 1. The number of hydrogen-bond donors (Lipinski definition) is 2. The smallest absolute Gasteiger partial charge is 0.335 e. The zero-order valence-corrected chi connectivity index (χ0v) is 10.2. The molecule has 0 atom stereocenters. The summed E-state index contributed by atoms with van der Waals surface area (Å²) in [4.78, 5) is 22.3. The van der Waals surface area contributed by atoms with Crippen molar-refractivity contribution in [2.24, 2.45) is 5.92 Å². The molecule has 0 aliphatic heterocycles. The van der Waals surface area contributed by atoms with Gasteiger partial charge < -0.3 is 10.4 Å². The molecular formula is C14H17NO3. The van der Waals surface area contributed by atoms with Gasteiger partial charge in [0.05, 0.1) is 12.0 Å². The zero-order chi connectivity index (χ0) is 13.0. The van der Waals surface area contributed by atoms with Gasteiger partial charge >= 0.3 is 5.97 Å². The Labute approximate surface area is 106 Å². The summed E-state index contributed by atoms with van der Waals surface area (Å²) in [5.74, 6) is -0.130. The van der Waals surface area contributed by atoms with Gasteiger partial charge in [-0.15, -0.1) is 0 Å². The molecule has 2 N–H and O–H groups in total. The summed E-state index contributed by atoms with van der Waals surface area (Å²) >= 11 is 0. The quantitative estimate of drug-likeness (QED) is 0.806. The summed E-state index contributed by atoms with van der Waals surface area (Å²) in [5.41, 5.74) is 1.08. The van der Waals surface area contributed by atoms with E-state index in [4.69, 9.17) is 5.11 Å². The number of carboxylic acid groups (broad SMARTS) is 1. The maximum atomic E-state index is 11.6. The molecule has 0 aromatic heterocycles. The van der Waals surface area contributed by atoms with Gasteiger partial charge in [-0.2, -0.15) is 0 Å². The number of carbonyl (C=O) groups is 2. The lowest BCUT2D eigenvalue weighted by Gasteiger charge is -2.05. The van der Waals surface area contributed by atoms with Gasteiger partial charge in [0, 0.05) is 6.54 Å². The van der Waals surface area contributed by atoms with Crippen LogP contribution in [0, 0.1) is 5.92 Å². The Morgan fingerprint density at radius 3 is 2.44 bits per heavy atom. The predicted molar refractivity (Wildman–Crippen MR) is 67.5 cm³/mol. The number of nitrogens with one attached hydrogen (secondary N) is 1. The Morgan fingerprint density at radius 1 is 1.22 bits per heavy atom. The van der Waals surface area contributed by atoms with Crippen LogP contribution in [0.15, 0.2) is 24.3 Å². The third kappa shape index (κ3) is 3.87. The van der Waals surface area contributed by atoms with Gasteiger partial charge in [0.25, 0.3) is 0 Å². The van der Waals surface area contributed by atoms with Crippen LogP contribution in [0.3, 0.4) is 0 Å². The van der Waals surface area contributed by atoms with E-state index in [0.717, 1.165) is 24.4 Å². The molecule has 0 spiro atoms. The Kier molecular flexibility index (Phi) is 3.97. The molecule has 4 heteroatoms. The number of rotatable bonds is 6.